The van der Waals surface area contributed by atoms with Crippen molar-refractivity contribution in [2.75, 3.05) is 18.6 Å². The van der Waals surface area contributed by atoms with Gasteiger partial charge < -0.3 is 4.74 Å². The van der Waals surface area contributed by atoms with E-state index in [1.54, 1.807) is 48.8 Å². The van der Waals surface area contributed by atoms with Crippen LogP contribution >= 0.6 is 23.5 Å². The van der Waals surface area contributed by atoms with Crippen LogP contribution in [0.4, 0.5) is 0 Å². The molecule has 0 N–H and O–H groups in total. The van der Waals surface area contributed by atoms with Gasteiger partial charge in [-0.3, -0.25) is 9.59 Å². The normalized spacial score (nSPS) is 14.2. The van der Waals surface area contributed by atoms with Crippen LogP contribution in [0.3, 0.4) is 0 Å². The number of hydrogen-bond acceptors (Lipinski definition) is 5. The second-order valence-electron chi connectivity index (χ2n) is 5.85. The molecule has 1 saturated heterocycles. The molecule has 2 aromatic carbocycles. The van der Waals surface area contributed by atoms with Crippen molar-refractivity contribution in [3.63, 3.8) is 0 Å². The summed E-state index contributed by atoms with van der Waals surface area (Å²) in [6.07, 6.45) is 4.26. The molecule has 0 unspecified atom stereocenters. The van der Waals surface area contributed by atoms with E-state index in [-0.39, 0.29) is 17.1 Å². The topological polar surface area (TPSA) is 43.4 Å². The molecule has 0 spiro atoms. The van der Waals surface area contributed by atoms with E-state index < -0.39 is 0 Å². The number of allylic oxidation sites excluding steroid dienone is 2. The number of rotatable bonds is 6. The second-order valence-corrected chi connectivity index (χ2v) is 8.32. The zero-order chi connectivity index (χ0) is 19.1. The third kappa shape index (κ3) is 4.93. The Hall–Kier alpha value is -2.24. The van der Waals surface area contributed by atoms with E-state index in [4.69, 9.17) is 4.74 Å². The Morgan fingerprint density at radius 1 is 0.963 bits per heavy atom. The summed E-state index contributed by atoms with van der Waals surface area (Å²) in [6.45, 7) is 0. The Bertz CT molecular complexity index is 877. The fourth-order valence-electron chi connectivity index (χ4n) is 2.67. The first-order valence-electron chi connectivity index (χ1n) is 8.65. The number of ketones is 2. The molecule has 0 saturated carbocycles. The van der Waals surface area contributed by atoms with Crippen molar-refractivity contribution in [1.29, 1.82) is 0 Å². The highest BCUT2D eigenvalue weighted by Gasteiger charge is 2.24. The summed E-state index contributed by atoms with van der Waals surface area (Å²) < 4.78 is 6.15. The molecule has 0 bridgehead atoms. The maximum Gasteiger partial charge on any atom is 0.198 e. The van der Waals surface area contributed by atoms with Gasteiger partial charge in [-0.05, 0) is 36.1 Å². The van der Waals surface area contributed by atoms with Gasteiger partial charge >= 0.3 is 0 Å². The molecule has 3 nitrogen and oxygen atoms in total. The highest BCUT2D eigenvalue weighted by atomic mass is 32.2. The van der Waals surface area contributed by atoms with Gasteiger partial charge in [0.25, 0.3) is 0 Å². The lowest BCUT2D eigenvalue weighted by molar-refractivity contribution is -0.111. The maximum absolute atomic E-state index is 13.1. The average Bonchev–Trinajstić information content (AvgIpc) is 2.74. The quantitative estimate of drug-likeness (QED) is 0.289. The molecule has 138 valence electrons. The van der Waals surface area contributed by atoms with Gasteiger partial charge in [0.15, 0.2) is 11.6 Å². The van der Waals surface area contributed by atoms with Crippen molar-refractivity contribution in [2.45, 2.75) is 6.42 Å². The first kappa shape index (κ1) is 19.5. The third-order valence-electron chi connectivity index (χ3n) is 4.02. The number of methoxy groups -OCH3 is 1. The van der Waals surface area contributed by atoms with Gasteiger partial charge in [-0.15, -0.1) is 23.5 Å². The Morgan fingerprint density at radius 2 is 1.63 bits per heavy atom. The summed E-state index contributed by atoms with van der Waals surface area (Å²) in [5, 5.41) is 0. The number of hydrogen-bond donors (Lipinski definition) is 0. The van der Waals surface area contributed by atoms with E-state index in [0.29, 0.717) is 11.3 Å². The minimum absolute atomic E-state index is 0.220. The van der Waals surface area contributed by atoms with Crippen LogP contribution in [-0.2, 0) is 4.79 Å². The molecule has 0 aliphatic carbocycles. The highest BCUT2D eigenvalue weighted by molar-refractivity contribution is 8.22. The molecule has 0 aromatic heterocycles. The lowest BCUT2D eigenvalue weighted by atomic mass is 10.0. The number of thioether (sulfide) groups is 2. The molecule has 1 fully saturated rings. The number of carbonyl (C=O) groups excluding carboxylic acids is 2. The van der Waals surface area contributed by atoms with Crippen LogP contribution in [0.2, 0.25) is 0 Å². The van der Waals surface area contributed by atoms with Gasteiger partial charge in [-0.2, -0.15) is 0 Å². The number of para-hydroxylation sites is 1. The summed E-state index contributed by atoms with van der Waals surface area (Å²) in [5.74, 6) is 2.05. The molecule has 2 aromatic rings. The van der Waals surface area contributed by atoms with Gasteiger partial charge in [-0.1, -0.05) is 48.5 Å². The number of Topliss-reactive ketones (excluding diaryl/α,β-unsaturated/α-hetero) is 1. The third-order valence-corrected chi connectivity index (χ3v) is 6.65. The Kier molecular flexibility index (Phi) is 6.96. The number of ether oxygens (including phenoxy) is 1. The fourth-order valence-corrected chi connectivity index (χ4v) is 5.31. The Balaban J connectivity index is 1.94. The Labute approximate surface area is 167 Å². The molecule has 27 heavy (non-hydrogen) atoms. The summed E-state index contributed by atoms with van der Waals surface area (Å²) in [5.41, 5.74) is 1.60. The van der Waals surface area contributed by atoms with Crippen LogP contribution in [-0.4, -0.2) is 30.2 Å². The van der Waals surface area contributed by atoms with E-state index in [1.165, 1.54) is 6.08 Å². The molecule has 1 aliphatic rings. The van der Waals surface area contributed by atoms with Crippen molar-refractivity contribution in [3.05, 3.63) is 81.6 Å². The van der Waals surface area contributed by atoms with Crippen LogP contribution < -0.4 is 4.74 Å². The van der Waals surface area contributed by atoms with E-state index in [9.17, 15) is 9.59 Å². The molecule has 3 rings (SSSR count). The predicted molar refractivity (Wildman–Crippen MR) is 114 cm³/mol. The first-order valence-corrected chi connectivity index (χ1v) is 10.6. The Morgan fingerprint density at radius 3 is 2.33 bits per heavy atom. The van der Waals surface area contributed by atoms with Crippen LogP contribution in [0.25, 0.3) is 6.08 Å². The van der Waals surface area contributed by atoms with E-state index in [1.807, 2.05) is 42.5 Å². The van der Waals surface area contributed by atoms with Gasteiger partial charge in [0, 0.05) is 11.1 Å². The monoisotopic (exact) mass is 396 g/mol. The van der Waals surface area contributed by atoms with E-state index in [2.05, 4.69) is 0 Å². The fraction of sp³-hybridized carbons (Fsp3) is 0.182. The minimum atomic E-state index is -0.272. The highest BCUT2D eigenvalue weighted by Crippen LogP contribution is 2.38. The summed E-state index contributed by atoms with van der Waals surface area (Å²) in [6, 6.07) is 16.4. The predicted octanol–water partition coefficient (Wildman–Crippen LogP) is 5.24. The van der Waals surface area contributed by atoms with Crippen molar-refractivity contribution in [2.24, 2.45) is 0 Å². The zero-order valence-corrected chi connectivity index (χ0v) is 16.6. The average molecular weight is 397 g/mol. The van der Waals surface area contributed by atoms with Gasteiger partial charge in [-0.25, -0.2) is 0 Å². The maximum atomic E-state index is 13.1. The number of carbonyl (C=O) groups is 2. The largest absolute Gasteiger partial charge is 0.496 e. The van der Waals surface area contributed by atoms with Gasteiger partial charge in [0.2, 0.25) is 0 Å². The van der Waals surface area contributed by atoms with Crippen molar-refractivity contribution in [1.82, 2.24) is 0 Å². The van der Waals surface area contributed by atoms with Crippen LogP contribution in [0, 0.1) is 0 Å². The molecular formula is C22H20O3S2. The van der Waals surface area contributed by atoms with Gasteiger partial charge in [0.05, 0.1) is 16.9 Å². The molecule has 5 heteroatoms. The van der Waals surface area contributed by atoms with Crippen LogP contribution in [0.5, 0.6) is 5.75 Å². The van der Waals surface area contributed by atoms with E-state index in [0.717, 1.165) is 27.7 Å². The minimum Gasteiger partial charge on any atom is -0.496 e. The summed E-state index contributed by atoms with van der Waals surface area (Å²) in [7, 11) is 1.59. The van der Waals surface area contributed by atoms with Crippen molar-refractivity contribution in [3.8, 4) is 5.75 Å². The number of benzene rings is 2. The van der Waals surface area contributed by atoms with Gasteiger partial charge in [0.1, 0.15) is 5.75 Å². The second kappa shape index (κ2) is 9.62. The molecular weight excluding hydrogens is 376 g/mol. The molecule has 0 atom stereocenters. The lowest BCUT2D eigenvalue weighted by Crippen LogP contribution is -2.14. The SMILES string of the molecule is COc1ccccc1C=CC(=O)C(C(=O)c1ccccc1)=C1SCCCS1. The van der Waals surface area contributed by atoms with Crippen molar-refractivity contribution < 1.29 is 14.3 Å². The van der Waals surface area contributed by atoms with Crippen LogP contribution in [0.1, 0.15) is 22.3 Å². The van der Waals surface area contributed by atoms with Crippen molar-refractivity contribution >= 4 is 41.2 Å². The molecule has 1 aliphatic heterocycles. The summed E-state index contributed by atoms with van der Waals surface area (Å²) in [4.78, 5) is 26.1. The first-order chi connectivity index (χ1) is 13.2. The zero-order valence-electron chi connectivity index (χ0n) is 15.0. The molecule has 0 amide bonds. The standard InChI is InChI=1S/C22H20O3S2/c1-25-19-11-6-5-8-16(19)12-13-18(23)20(22-26-14-7-15-27-22)21(24)17-9-3-2-4-10-17/h2-6,8-13H,7,14-15H2,1H3. The summed E-state index contributed by atoms with van der Waals surface area (Å²) >= 11 is 3.19. The smallest absolute Gasteiger partial charge is 0.198 e. The van der Waals surface area contributed by atoms with E-state index >= 15 is 0 Å². The van der Waals surface area contributed by atoms with Crippen LogP contribution in [0.15, 0.2) is 70.5 Å². The lowest BCUT2D eigenvalue weighted by Gasteiger charge is -2.16. The molecule has 0 radical (unpaired) electrons. The molecule has 1 heterocycles.